The van der Waals surface area contributed by atoms with Crippen LogP contribution in [-0.4, -0.2) is 35.3 Å². The zero-order chi connectivity index (χ0) is 26.9. The first-order chi connectivity index (χ1) is 18.9. The maximum atomic E-state index is 14.8. The van der Waals surface area contributed by atoms with Crippen molar-refractivity contribution in [3.05, 3.63) is 91.2 Å². The SMILES string of the molecule is Cc1cn(-c2ccc3nc(NC(=O)Nc4ccc(Oc5ccnc(-c6cnn(C)c6)c5)c(F)c4)sc3c2)cn1. The molecule has 0 atom stereocenters. The van der Waals surface area contributed by atoms with Gasteiger partial charge in [0.25, 0.3) is 0 Å². The number of aromatic nitrogens is 6. The smallest absolute Gasteiger partial charge is 0.325 e. The van der Waals surface area contributed by atoms with Crippen molar-refractivity contribution < 1.29 is 13.9 Å². The van der Waals surface area contributed by atoms with Crippen LogP contribution in [-0.2, 0) is 7.05 Å². The number of amides is 2. The molecule has 0 unspecified atom stereocenters. The molecule has 2 N–H and O–H groups in total. The zero-order valence-corrected chi connectivity index (χ0v) is 21.6. The van der Waals surface area contributed by atoms with E-state index in [1.54, 1.807) is 41.6 Å². The average molecular weight is 541 g/mol. The molecule has 0 fully saturated rings. The number of hydrogen-bond acceptors (Lipinski definition) is 7. The van der Waals surface area contributed by atoms with E-state index in [9.17, 15) is 9.18 Å². The van der Waals surface area contributed by atoms with Gasteiger partial charge in [-0.2, -0.15) is 5.10 Å². The van der Waals surface area contributed by atoms with Gasteiger partial charge in [-0.05, 0) is 43.3 Å². The van der Waals surface area contributed by atoms with Crippen LogP contribution in [0.25, 0.3) is 27.2 Å². The third-order valence-corrected chi connectivity index (χ3v) is 6.69. The summed E-state index contributed by atoms with van der Waals surface area (Å²) in [5.41, 5.74) is 4.35. The summed E-state index contributed by atoms with van der Waals surface area (Å²) in [5, 5.41) is 9.90. The van der Waals surface area contributed by atoms with Gasteiger partial charge in [-0.25, -0.2) is 19.2 Å². The number of fused-ring (bicyclic) bond motifs is 1. The number of pyridine rings is 1. The minimum Gasteiger partial charge on any atom is -0.454 e. The number of benzene rings is 2. The number of hydrogen-bond donors (Lipinski definition) is 2. The lowest BCUT2D eigenvalue weighted by Gasteiger charge is -2.10. The second-order valence-electron chi connectivity index (χ2n) is 8.70. The van der Waals surface area contributed by atoms with Gasteiger partial charge in [0, 0.05) is 54.7 Å². The molecule has 6 aromatic rings. The predicted molar refractivity (Wildman–Crippen MR) is 147 cm³/mol. The summed E-state index contributed by atoms with van der Waals surface area (Å²) in [4.78, 5) is 25.6. The number of aryl methyl sites for hydroxylation is 2. The van der Waals surface area contributed by atoms with Crippen molar-refractivity contribution in [2.75, 3.05) is 10.6 Å². The van der Waals surface area contributed by atoms with E-state index in [0.29, 0.717) is 16.6 Å². The summed E-state index contributed by atoms with van der Waals surface area (Å²) in [7, 11) is 1.81. The van der Waals surface area contributed by atoms with Gasteiger partial charge >= 0.3 is 6.03 Å². The third-order valence-electron chi connectivity index (χ3n) is 5.75. The Labute approximate surface area is 225 Å². The Morgan fingerprint density at radius 1 is 1.05 bits per heavy atom. The van der Waals surface area contributed by atoms with Crippen LogP contribution >= 0.6 is 11.3 Å². The van der Waals surface area contributed by atoms with E-state index < -0.39 is 11.8 Å². The van der Waals surface area contributed by atoms with Gasteiger partial charge in [0.15, 0.2) is 16.7 Å². The number of ether oxygens (including phenoxy) is 1. The summed E-state index contributed by atoms with van der Waals surface area (Å²) in [6.07, 6.45) is 8.77. The van der Waals surface area contributed by atoms with Crippen molar-refractivity contribution in [3.63, 3.8) is 0 Å². The van der Waals surface area contributed by atoms with Crippen molar-refractivity contribution in [1.82, 2.24) is 29.3 Å². The fourth-order valence-electron chi connectivity index (χ4n) is 3.92. The molecule has 4 aromatic heterocycles. The van der Waals surface area contributed by atoms with Gasteiger partial charge in [-0.3, -0.25) is 15.0 Å². The van der Waals surface area contributed by atoms with E-state index in [4.69, 9.17) is 4.74 Å². The molecule has 0 saturated carbocycles. The van der Waals surface area contributed by atoms with Gasteiger partial charge in [0.2, 0.25) is 0 Å². The number of nitrogens with zero attached hydrogens (tertiary/aromatic N) is 6. The number of carbonyl (C=O) groups excluding carboxylic acids is 1. The Balaban J connectivity index is 1.11. The van der Waals surface area contributed by atoms with Crippen LogP contribution in [0.1, 0.15) is 5.69 Å². The molecule has 0 spiro atoms. The van der Waals surface area contributed by atoms with E-state index >= 15 is 0 Å². The van der Waals surface area contributed by atoms with Gasteiger partial charge in [-0.1, -0.05) is 11.3 Å². The molecule has 2 aromatic carbocycles. The Morgan fingerprint density at radius 2 is 1.95 bits per heavy atom. The van der Waals surface area contributed by atoms with Crippen molar-refractivity contribution in [1.29, 1.82) is 0 Å². The fraction of sp³-hybridized carbons (Fsp3) is 0.0741. The molecule has 4 heterocycles. The Bertz CT molecular complexity index is 1830. The van der Waals surface area contributed by atoms with Crippen LogP contribution in [0.5, 0.6) is 11.5 Å². The van der Waals surface area contributed by atoms with Crippen LogP contribution in [0.2, 0.25) is 0 Å². The van der Waals surface area contributed by atoms with E-state index in [1.807, 2.05) is 49.1 Å². The van der Waals surface area contributed by atoms with Crippen molar-refractivity contribution in [2.24, 2.45) is 7.05 Å². The van der Waals surface area contributed by atoms with Gasteiger partial charge in [0.1, 0.15) is 5.75 Å². The van der Waals surface area contributed by atoms with E-state index in [-0.39, 0.29) is 11.4 Å². The van der Waals surface area contributed by atoms with Gasteiger partial charge in [0.05, 0.1) is 34.1 Å². The molecular weight excluding hydrogens is 519 g/mol. The monoisotopic (exact) mass is 540 g/mol. The maximum Gasteiger partial charge on any atom is 0.325 e. The van der Waals surface area contributed by atoms with Crippen molar-refractivity contribution in [2.45, 2.75) is 6.92 Å². The molecule has 0 radical (unpaired) electrons. The number of halogens is 1. The first-order valence-electron chi connectivity index (χ1n) is 11.8. The summed E-state index contributed by atoms with van der Waals surface area (Å²) >= 11 is 1.34. The minimum absolute atomic E-state index is 0.0133. The molecule has 194 valence electrons. The lowest BCUT2D eigenvalue weighted by Crippen LogP contribution is -2.19. The topological polar surface area (TPSA) is 112 Å². The Morgan fingerprint density at radius 3 is 2.72 bits per heavy atom. The highest BCUT2D eigenvalue weighted by molar-refractivity contribution is 7.22. The van der Waals surface area contributed by atoms with Crippen molar-refractivity contribution in [3.8, 4) is 28.4 Å². The molecule has 2 amide bonds. The van der Waals surface area contributed by atoms with E-state index in [0.717, 1.165) is 27.2 Å². The van der Waals surface area contributed by atoms with Gasteiger partial charge < -0.3 is 14.6 Å². The fourth-order valence-corrected chi connectivity index (χ4v) is 4.82. The molecule has 0 aliphatic heterocycles. The highest BCUT2D eigenvalue weighted by atomic mass is 32.1. The van der Waals surface area contributed by atoms with Crippen LogP contribution in [0.3, 0.4) is 0 Å². The lowest BCUT2D eigenvalue weighted by molar-refractivity contribution is 0.262. The van der Waals surface area contributed by atoms with Crippen molar-refractivity contribution >= 4 is 38.4 Å². The Kier molecular flexibility index (Phi) is 6.21. The van der Waals surface area contributed by atoms with E-state index in [2.05, 4.69) is 30.7 Å². The minimum atomic E-state index is -0.630. The molecule has 0 bridgehead atoms. The molecule has 0 aliphatic rings. The number of urea groups is 1. The standard InChI is InChI=1S/C27H21FN8O2S/c1-16-13-36(15-30-16)19-4-5-22-25(10-19)39-27(33-22)34-26(37)32-18-3-6-24(21(28)9-18)38-20-7-8-29-23(11-20)17-12-31-35(2)14-17/h3-15H,1-2H3,(H2,32,33,34,37). The number of thiazole rings is 1. The predicted octanol–water partition coefficient (Wildman–Crippen LogP) is 6.16. The Hall–Kier alpha value is -5.10. The summed E-state index contributed by atoms with van der Waals surface area (Å²) in [6.45, 7) is 1.93. The zero-order valence-electron chi connectivity index (χ0n) is 20.8. The normalized spacial score (nSPS) is 11.1. The number of rotatable bonds is 6. The molecule has 0 saturated heterocycles. The van der Waals surface area contributed by atoms with Crippen LogP contribution in [0.15, 0.2) is 79.6 Å². The quantitative estimate of drug-likeness (QED) is 0.262. The third kappa shape index (κ3) is 5.31. The largest absolute Gasteiger partial charge is 0.454 e. The number of anilines is 2. The first-order valence-corrected chi connectivity index (χ1v) is 12.6. The molecule has 10 nitrogen and oxygen atoms in total. The number of nitrogens with one attached hydrogen (secondary N) is 2. The molecular formula is C27H21FN8O2S. The summed E-state index contributed by atoms with van der Waals surface area (Å²) in [5.74, 6) is -0.197. The molecule has 6 rings (SSSR count). The number of imidazole rings is 1. The molecule has 0 aliphatic carbocycles. The maximum absolute atomic E-state index is 14.8. The highest BCUT2D eigenvalue weighted by Crippen LogP contribution is 2.30. The second kappa shape index (κ2) is 9.99. The van der Waals surface area contributed by atoms with Crippen LogP contribution < -0.4 is 15.4 Å². The van der Waals surface area contributed by atoms with Crippen LogP contribution in [0.4, 0.5) is 20.0 Å². The first kappa shape index (κ1) is 24.2. The highest BCUT2D eigenvalue weighted by Gasteiger charge is 2.12. The number of carbonyl (C=O) groups is 1. The lowest BCUT2D eigenvalue weighted by atomic mass is 10.2. The second-order valence-corrected chi connectivity index (χ2v) is 9.73. The summed E-state index contributed by atoms with van der Waals surface area (Å²) < 4.78 is 25.0. The summed E-state index contributed by atoms with van der Waals surface area (Å²) in [6, 6.07) is 12.8. The molecule has 12 heteroatoms. The van der Waals surface area contributed by atoms with Crippen LogP contribution in [0, 0.1) is 12.7 Å². The van der Waals surface area contributed by atoms with E-state index in [1.165, 1.54) is 23.5 Å². The molecule has 39 heavy (non-hydrogen) atoms. The van der Waals surface area contributed by atoms with Gasteiger partial charge in [-0.15, -0.1) is 0 Å². The average Bonchev–Trinajstić information content (AvgIpc) is 3.64.